The minimum Gasteiger partial charge on any atom is -0.336 e. The molecular weight excluding hydrogens is 276 g/mol. The summed E-state index contributed by atoms with van der Waals surface area (Å²) in [5.74, 6) is 0.339. The van der Waals surface area contributed by atoms with Crippen molar-refractivity contribution in [1.29, 1.82) is 0 Å². The summed E-state index contributed by atoms with van der Waals surface area (Å²) in [4.78, 5) is 17.3. The zero-order chi connectivity index (χ0) is 15.7. The third-order valence-corrected chi connectivity index (χ3v) is 5.20. The second-order valence-electron chi connectivity index (χ2n) is 6.93. The number of carbonyl (C=O) groups is 1. The van der Waals surface area contributed by atoms with Crippen LogP contribution in [0.15, 0.2) is 6.07 Å². The number of carbonyl (C=O) groups excluding carboxylic acids is 1. The molecule has 5 heteroatoms. The number of nitrogens with zero attached hydrogens (tertiary/aromatic N) is 4. The van der Waals surface area contributed by atoms with Gasteiger partial charge in [0.1, 0.15) is 0 Å². The first-order chi connectivity index (χ1) is 10.6. The minimum atomic E-state index is 0.0982. The molecule has 0 aliphatic carbocycles. The van der Waals surface area contributed by atoms with Crippen molar-refractivity contribution in [2.75, 3.05) is 20.1 Å². The molecule has 2 fully saturated rings. The zero-order valence-corrected chi connectivity index (χ0v) is 14.1. The number of aromatic nitrogens is 2. The zero-order valence-electron chi connectivity index (χ0n) is 14.1. The number of likely N-dealkylation sites (N-methyl/N-ethyl adjacent to an activating group) is 1. The molecule has 1 amide bonds. The van der Waals surface area contributed by atoms with E-state index in [0.717, 1.165) is 51.0 Å². The number of amides is 1. The van der Waals surface area contributed by atoms with E-state index < -0.39 is 0 Å². The molecule has 2 aliphatic heterocycles. The fraction of sp³-hybridized carbons (Fsp3) is 0.765. The number of piperidine rings is 1. The third-order valence-electron chi connectivity index (χ3n) is 5.20. The molecule has 1 aromatic heterocycles. The maximum Gasteiger partial charge on any atom is 0.240 e. The molecule has 1 aromatic rings. The van der Waals surface area contributed by atoms with Crippen molar-refractivity contribution in [2.24, 2.45) is 0 Å². The SMILES string of the molecule is Cc1cc(C)n(C[C@@H]2CCCCN2C(=O)[C@H]2CCCN2C)n1. The van der Waals surface area contributed by atoms with Crippen LogP contribution in [0.2, 0.25) is 0 Å². The Morgan fingerprint density at radius 3 is 2.68 bits per heavy atom. The van der Waals surface area contributed by atoms with Gasteiger partial charge in [0.05, 0.1) is 24.3 Å². The lowest BCUT2D eigenvalue weighted by molar-refractivity contribution is -0.139. The molecule has 122 valence electrons. The fourth-order valence-electron chi connectivity index (χ4n) is 3.95. The van der Waals surface area contributed by atoms with E-state index in [2.05, 4.69) is 39.6 Å². The molecule has 2 saturated heterocycles. The number of rotatable bonds is 3. The van der Waals surface area contributed by atoms with Gasteiger partial charge in [0.2, 0.25) is 5.91 Å². The predicted molar refractivity (Wildman–Crippen MR) is 86.7 cm³/mol. The van der Waals surface area contributed by atoms with E-state index in [0.29, 0.717) is 11.9 Å². The van der Waals surface area contributed by atoms with Crippen LogP contribution >= 0.6 is 0 Å². The number of aryl methyl sites for hydroxylation is 2. The topological polar surface area (TPSA) is 41.4 Å². The summed E-state index contributed by atoms with van der Waals surface area (Å²) in [6, 6.07) is 2.51. The molecule has 0 aromatic carbocycles. The van der Waals surface area contributed by atoms with E-state index in [4.69, 9.17) is 0 Å². The minimum absolute atomic E-state index is 0.0982. The molecule has 0 spiro atoms. The Morgan fingerprint density at radius 1 is 1.23 bits per heavy atom. The van der Waals surface area contributed by atoms with Crippen molar-refractivity contribution in [3.8, 4) is 0 Å². The van der Waals surface area contributed by atoms with Gasteiger partial charge >= 0.3 is 0 Å². The van der Waals surface area contributed by atoms with Crippen LogP contribution < -0.4 is 0 Å². The molecule has 0 saturated carbocycles. The second kappa shape index (κ2) is 6.41. The molecular formula is C17H28N4O. The number of hydrogen-bond donors (Lipinski definition) is 0. The van der Waals surface area contributed by atoms with Gasteiger partial charge in [-0.15, -0.1) is 0 Å². The summed E-state index contributed by atoms with van der Waals surface area (Å²) in [6.45, 7) is 6.92. The Balaban J connectivity index is 1.73. The molecule has 22 heavy (non-hydrogen) atoms. The lowest BCUT2D eigenvalue weighted by atomic mass is 10.00. The summed E-state index contributed by atoms with van der Waals surface area (Å²) < 4.78 is 2.07. The van der Waals surface area contributed by atoms with E-state index >= 15 is 0 Å². The highest BCUT2D eigenvalue weighted by molar-refractivity contribution is 5.82. The predicted octanol–water partition coefficient (Wildman–Crippen LogP) is 1.98. The van der Waals surface area contributed by atoms with Crippen LogP contribution in [-0.2, 0) is 11.3 Å². The van der Waals surface area contributed by atoms with Crippen molar-refractivity contribution >= 4 is 5.91 Å². The Bertz CT molecular complexity index is 539. The largest absolute Gasteiger partial charge is 0.336 e. The highest BCUT2D eigenvalue weighted by Gasteiger charge is 2.35. The van der Waals surface area contributed by atoms with E-state index in [1.807, 2.05) is 6.92 Å². The average molecular weight is 304 g/mol. The van der Waals surface area contributed by atoms with Crippen molar-refractivity contribution in [2.45, 2.75) is 64.6 Å². The van der Waals surface area contributed by atoms with Gasteiger partial charge in [-0.1, -0.05) is 0 Å². The second-order valence-corrected chi connectivity index (χ2v) is 6.93. The van der Waals surface area contributed by atoms with Gasteiger partial charge in [0.15, 0.2) is 0 Å². The molecule has 0 bridgehead atoms. The van der Waals surface area contributed by atoms with E-state index in [1.54, 1.807) is 0 Å². The third kappa shape index (κ3) is 3.05. The highest BCUT2D eigenvalue weighted by atomic mass is 16.2. The van der Waals surface area contributed by atoms with E-state index in [1.165, 1.54) is 12.1 Å². The summed E-state index contributed by atoms with van der Waals surface area (Å²) in [6.07, 6.45) is 5.60. The Morgan fingerprint density at radius 2 is 2.05 bits per heavy atom. The Kier molecular flexibility index (Phi) is 4.52. The molecule has 2 atom stereocenters. The van der Waals surface area contributed by atoms with Crippen LogP contribution in [0.5, 0.6) is 0 Å². The van der Waals surface area contributed by atoms with Crippen LogP contribution in [0, 0.1) is 13.8 Å². The molecule has 2 aliphatic rings. The molecule has 3 rings (SSSR count). The van der Waals surface area contributed by atoms with Crippen LogP contribution in [0.4, 0.5) is 0 Å². The summed E-state index contributed by atoms with van der Waals surface area (Å²) in [5, 5.41) is 4.58. The lowest BCUT2D eigenvalue weighted by Gasteiger charge is -2.38. The summed E-state index contributed by atoms with van der Waals surface area (Å²) in [7, 11) is 2.08. The average Bonchev–Trinajstić information content (AvgIpc) is 3.05. The van der Waals surface area contributed by atoms with Crippen molar-refractivity contribution < 1.29 is 4.79 Å². The Labute approximate surface area is 133 Å². The van der Waals surface area contributed by atoms with Crippen molar-refractivity contribution in [3.63, 3.8) is 0 Å². The van der Waals surface area contributed by atoms with Crippen molar-refractivity contribution in [1.82, 2.24) is 19.6 Å². The maximum absolute atomic E-state index is 13.0. The van der Waals surface area contributed by atoms with Crippen LogP contribution in [0.3, 0.4) is 0 Å². The van der Waals surface area contributed by atoms with Gasteiger partial charge in [-0.05, 0) is 65.6 Å². The fourth-order valence-corrected chi connectivity index (χ4v) is 3.95. The van der Waals surface area contributed by atoms with Gasteiger partial charge in [-0.25, -0.2) is 0 Å². The molecule has 0 unspecified atom stereocenters. The smallest absolute Gasteiger partial charge is 0.240 e. The van der Waals surface area contributed by atoms with Crippen LogP contribution in [0.25, 0.3) is 0 Å². The first kappa shape index (κ1) is 15.5. The molecule has 3 heterocycles. The van der Waals surface area contributed by atoms with Gasteiger partial charge in [-0.3, -0.25) is 14.4 Å². The maximum atomic E-state index is 13.0. The normalized spacial score (nSPS) is 26.6. The van der Waals surface area contributed by atoms with Gasteiger partial charge in [-0.2, -0.15) is 5.10 Å². The summed E-state index contributed by atoms with van der Waals surface area (Å²) >= 11 is 0. The molecule has 5 nitrogen and oxygen atoms in total. The number of likely N-dealkylation sites (tertiary alicyclic amines) is 2. The highest BCUT2D eigenvalue weighted by Crippen LogP contribution is 2.24. The van der Waals surface area contributed by atoms with Gasteiger partial charge in [0, 0.05) is 12.2 Å². The molecule has 0 radical (unpaired) electrons. The van der Waals surface area contributed by atoms with Gasteiger partial charge < -0.3 is 4.90 Å². The monoisotopic (exact) mass is 304 g/mol. The Hall–Kier alpha value is -1.36. The number of hydrogen-bond acceptors (Lipinski definition) is 3. The van der Waals surface area contributed by atoms with Crippen molar-refractivity contribution in [3.05, 3.63) is 17.5 Å². The first-order valence-electron chi connectivity index (χ1n) is 8.58. The van der Waals surface area contributed by atoms with Crippen LogP contribution in [0.1, 0.15) is 43.5 Å². The van der Waals surface area contributed by atoms with Crippen LogP contribution in [-0.4, -0.2) is 57.7 Å². The summed E-state index contributed by atoms with van der Waals surface area (Å²) in [5.41, 5.74) is 2.25. The van der Waals surface area contributed by atoms with E-state index in [-0.39, 0.29) is 6.04 Å². The standard InChI is InChI=1S/C17H28N4O/c1-13-11-14(2)21(18-13)12-15-7-4-5-10-20(15)17(22)16-8-6-9-19(16)3/h11,15-16H,4-10,12H2,1-3H3/t15-,16+/m0/s1. The quantitative estimate of drug-likeness (QED) is 0.857. The lowest BCUT2D eigenvalue weighted by Crippen LogP contribution is -2.52. The molecule has 0 N–H and O–H groups in total. The first-order valence-corrected chi connectivity index (χ1v) is 8.58. The van der Waals surface area contributed by atoms with E-state index in [9.17, 15) is 4.79 Å². The van der Waals surface area contributed by atoms with Gasteiger partial charge in [0.25, 0.3) is 0 Å².